The van der Waals surface area contributed by atoms with E-state index >= 15 is 0 Å². The summed E-state index contributed by atoms with van der Waals surface area (Å²) in [5.74, 6) is 0.498. The largest absolute Gasteiger partial charge is 0.497 e. The third kappa shape index (κ3) is 31.1. The molecule has 0 radical (unpaired) electrons. The summed E-state index contributed by atoms with van der Waals surface area (Å²) in [6.07, 6.45) is 27.8. The summed E-state index contributed by atoms with van der Waals surface area (Å²) >= 11 is 5.89. The molecule has 31 nitrogen and oxygen atoms in total. The maximum absolute atomic E-state index is 13.3. The molecule has 3 aliphatic heterocycles. The van der Waals surface area contributed by atoms with Crippen LogP contribution in [-0.2, 0) is 66.8 Å². The number of alkyl halides is 3. The third-order valence-electron chi connectivity index (χ3n) is 27.8. The van der Waals surface area contributed by atoms with Crippen LogP contribution in [0.3, 0.4) is 0 Å². The highest BCUT2D eigenvalue weighted by atomic mass is 35.5. The highest BCUT2D eigenvalue weighted by Crippen LogP contribution is 2.57. The van der Waals surface area contributed by atoms with Crippen molar-refractivity contribution in [2.75, 3.05) is 107 Å². The van der Waals surface area contributed by atoms with Crippen molar-refractivity contribution in [3.63, 3.8) is 0 Å². The van der Waals surface area contributed by atoms with E-state index in [4.69, 9.17) is 40.0 Å². The number of aliphatic hydroxyl groups is 1. The minimum Gasteiger partial charge on any atom is -0.497 e. The highest BCUT2D eigenvalue weighted by molar-refractivity contribution is 6.30. The van der Waals surface area contributed by atoms with Gasteiger partial charge in [-0.25, -0.2) is 23.8 Å². The fourth-order valence-corrected chi connectivity index (χ4v) is 19.5. The molecule has 764 valence electrons. The summed E-state index contributed by atoms with van der Waals surface area (Å²) in [5, 5.41) is 16.2. The second kappa shape index (κ2) is 52.1. The summed E-state index contributed by atoms with van der Waals surface area (Å²) in [5.41, 5.74) is 2.49. The Kier molecular flexibility index (Phi) is 41.3. The summed E-state index contributed by atoms with van der Waals surface area (Å²) in [6.45, 7) is 25.4. The predicted octanol–water partition coefficient (Wildman–Crippen LogP) is 16.6. The lowest BCUT2D eigenvalue weighted by Gasteiger charge is -2.39. The van der Waals surface area contributed by atoms with Crippen molar-refractivity contribution < 1.29 is 98.7 Å². The van der Waals surface area contributed by atoms with Crippen molar-refractivity contribution in [1.29, 1.82) is 0 Å². The van der Waals surface area contributed by atoms with Gasteiger partial charge >= 0.3 is 30.5 Å². The van der Waals surface area contributed by atoms with E-state index in [1.807, 2.05) is 64.6 Å². The SMILES string of the molecule is CCCN(C(=O)C1(C2CCOCC2)CC1)C1CC1.CCCN(C(=O)C1(COC)CCOCC1)C1CC1.CCCN(C(=O)CN1C(=O)CCCC1c1cccc(OC)c1)C1CC1.CCCN(C(=O)Cn1c(C)c(Cl)ncc1=O)C1CC1.CCCN(C(=O)NC1Cc2ccc(F)cc2C1O)C1CC1.CCCN(C(=O)OC1CCCC1OC)C1CC1.CCCN(C(=O)Oc1nc(C(F)(F)F)no1)C1CC1. The van der Waals surface area contributed by atoms with Gasteiger partial charge in [0.25, 0.3) is 11.4 Å². The summed E-state index contributed by atoms with van der Waals surface area (Å²) in [4.78, 5) is 133. The molecule has 36 heteroatoms. The lowest BCUT2D eigenvalue weighted by molar-refractivity contribution is -0.153. The fraction of sp³-hybridized carbons (Fsp3) is 0.743. The van der Waals surface area contributed by atoms with Gasteiger partial charge in [-0.15, -0.1) is 4.98 Å². The number of likely N-dealkylation sites (tertiary alicyclic amines) is 1. The number of halogens is 5. The average molecular weight is 1950 g/mol. The van der Waals surface area contributed by atoms with Crippen molar-refractivity contribution in [2.45, 2.75) is 359 Å². The van der Waals surface area contributed by atoms with E-state index in [9.17, 15) is 65.8 Å². The van der Waals surface area contributed by atoms with Crippen LogP contribution in [0.4, 0.5) is 31.9 Å². The molecule has 5 atom stereocenters. The van der Waals surface area contributed by atoms with E-state index in [0.29, 0.717) is 104 Å². The van der Waals surface area contributed by atoms with Crippen LogP contribution in [0, 0.1) is 29.5 Å². The van der Waals surface area contributed by atoms with Crippen molar-refractivity contribution in [1.82, 2.24) is 64.2 Å². The number of carbonyl (C=O) groups excluding carboxylic acids is 8. The van der Waals surface area contributed by atoms with Crippen LogP contribution in [0.25, 0.3) is 0 Å². The van der Waals surface area contributed by atoms with Crippen molar-refractivity contribution >= 4 is 59.4 Å². The quantitative estimate of drug-likeness (QED) is 0.0399. The Hall–Kier alpha value is -8.77. The van der Waals surface area contributed by atoms with Gasteiger partial charge in [0, 0.05) is 135 Å². The number of methoxy groups -OCH3 is 3. The van der Waals surface area contributed by atoms with Crippen LogP contribution >= 0.6 is 11.6 Å². The number of aromatic nitrogens is 4. The van der Waals surface area contributed by atoms with Gasteiger partial charge in [0.15, 0.2) is 0 Å². The lowest BCUT2D eigenvalue weighted by atomic mass is 9.79. The van der Waals surface area contributed by atoms with Gasteiger partial charge in [-0.3, -0.25) is 37.9 Å². The second-order valence-electron chi connectivity index (χ2n) is 38.9. The molecule has 4 aromatic rings. The molecule has 13 aliphatic rings. The average Bonchev–Trinajstić information content (AvgIpc) is 1.58. The molecule has 17 rings (SSSR count). The van der Waals surface area contributed by atoms with Crippen molar-refractivity contribution in [2.24, 2.45) is 16.7 Å². The van der Waals surface area contributed by atoms with Crippen LogP contribution in [0.5, 0.6) is 11.8 Å². The zero-order valence-corrected chi connectivity index (χ0v) is 83.5. The molecule has 2 aromatic heterocycles. The Bertz CT molecular complexity index is 4600. The lowest BCUT2D eigenvalue weighted by Crippen LogP contribution is -2.50. The Morgan fingerprint density at radius 1 is 0.584 bits per heavy atom. The Morgan fingerprint density at radius 2 is 1.09 bits per heavy atom. The molecule has 2 N–H and O–H groups in total. The molecular weight excluding hydrogens is 1790 g/mol. The topological polar surface area (TPSA) is 333 Å². The first-order valence-corrected chi connectivity index (χ1v) is 51.3. The predicted molar refractivity (Wildman–Crippen MR) is 507 cm³/mol. The van der Waals surface area contributed by atoms with Gasteiger partial charge < -0.3 is 82.8 Å². The van der Waals surface area contributed by atoms with Crippen LogP contribution in [-0.4, -0.2) is 279 Å². The molecule has 9 amide bonds. The first-order chi connectivity index (χ1) is 66.0. The number of hydrogen-bond acceptors (Lipinski definition) is 21. The number of carbonyl (C=O) groups is 8. The van der Waals surface area contributed by atoms with Crippen molar-refractivity contribution in [3.05, 3.63) is 98.2 Å². The standard InChI is InChI=1S/C20H28N2O3.C16H21FN2O2.C15H25NO2.C14H25NO3.C13H18ClN3O2.C13H23NO3.C10H12F3N3O3/c1-3-12-21(16-10-11-16)20(24)14-22-18(8-5-9-19(22)23)15-6-4-7-17(13-15)25-2;1-2-7-19(12-5-6-12)16(21)18-14-8-10-3-4-11(17)9-13(10)15(14)20;1-2-9-16(13-3-4-13)14(17)15(7-8-15)12-5-10-18-11-6-12;1-3-8-15(12-4-5-12)13(16)14(11-17-2)6-9-18-10-7-14;1-3-6-16(10-4-5-10)12(19)8-17-9(2)13(14)15-7-11(17)18;1-3-9-14(10-7-8-10)13(15)17-12-6-4-5-11(12)16-2;1-2-5-16(6-3-4-6)9(17)18-8-14-7(15-19-8)10(11,12)13/h4,6-7,13,16,18H,3,5,8-12,14H2,1-2H3;3-4,9,12,14-15,20H,2,5-8H2,1H3,(H,18,21);12-13H,2-11H2,1H3;12H,3-11H2,1-2H3;7,10H,3-6,8H2,1-2H3;10-12H,3-9H2,1-2H3;6H,2-5H2,1H3. The molecule has 137 heavy (non-hydrogen) atoms. The summed E-state index contributed by atoms with van der Waals surface area (Å²) in [6, 6.07) is 14.5. The Balaban J connectivity index is 0.000000154. The Labute approximate surface area is 810 Å². The van der Waals surface area contributed by atoms with E-state index in [2.05, 4.69) is 67.2 Å². The molecule has 2 aromatic carbocycles. The molecule has 9 saturated carbocycles. The third-order valence-corrected chi connectivity index (χ3v) is 28.2. The van der Waals surface area contributed by atoms with Gasteiger partial charge in [0.2, 0.25) is 29.5 Å². The van der Waals surface area contributed by atoms with Crippen LogP contribution in [0.15, 0.2) is 58.0 Å². The fourth-order valence-electron chi connectivity index (χ4n) is 19.3. The molecule has 12 fully saturated rings. The minimum absolute atomic E-state index is 0.0168. The van der Waals surface area contributed by atoms with Gasteiger partial charge in [0.1, 0.15) is 35.9 Å². The zero-order valence-electron chi connectivity index (χ0n) is 82.7. The molecule has 5 unspecified atom stereocenters. The summed E-state index contributed by atoms with van der Waals surface area (Å²) < 4.78 is 92.7. The summed E-state index contributed by atoms with van der Waals surface area (Å²) in [7, 11) is 5.03. The number of piperidine rings is 1. The molecular formula is C101H152ClF4N13O18. The van der Waals surface area contributed by atoms with Crippen LogP contribution in [0.2, 0.25) is 5.15 Å². The number of benzene rings is 2. The number of aliphatic hydroxyl groups excluding tert-OH is 1. The number of ether oxygens (including phenoxy) is 7. The number of fused-ring (bicyclic) bond motifs is 1. The molecule has 3 saturated heterocycles. The maximum Gasteiger partial charge on any atom is 0.455 e. The number of nitrogens with zero attached hydrogens (tertiary/aromatic N) is 12. The molecule has 10 aliphatic carbocycles. The first kappa shape index (κ1) is 109. The number of rotatable bonds is 36. The molecule has 0 spiro atoms. The van der Waals surface area contributed by atoms with Gasteiger partial charge in [-0.05, 0) is 271 Å². The highest BCUT2D eigenvalue weighted by Gasteiger charge is 2.58. The number of urea groups is 1. The van der Waals surface area contributed by atoms with E-state index < -0.39 is 30.3 Å². The number of hydrogen-bond donors (Lipinski definition) is 2. The molecule has 5 heterocycles. The van der Waals surface area contributed by atoms with Crippen molar-refractivity contribution in [3.8, 4) is 11.8 Å². The van der Waals surface area contributed by atoms with E-state index in [-0.39, 0.29) is 101 Å². The smallest absolute Gasteiger partial charge is 0.455 e. The normalized spacial score (nSPS) is 21.5. The monoisotopic (exact) mass is 1950 g/mol. The van der Waals surface area contributed by atoms with Gasteiger partial charge in [-0.2, -0.15) is 13.2 Å². The van der Waals surface area contributed by atoms with Gasteiger partial charge in [0.05, 0.1) is 60.7 Å². The minimum atomic E-state index is -4.73. The Morgan fingerprint density at radius 3 is 1.61 bits per heavy atom. The van der Waals surface area contributed by atoms with E-state index in [1.54, 1.807) is 39.2 Å². The van der Waals surface area contributed by atoms with Gasteiger partial charge in [-0.1, -0.05) is 78.3 Å². The van der Waals surface area contributed by atoms with Crippen LogP contribution < -0.4 is 20.3 Å². The first-order valence-electron chi connectivity index (χ1n) is 50.9. The number of nitrogens with one attached hydrogen (secondary N) is 1. The van der Waals surface area contributed by atoms with E-state index in [1.165, 1.54) is 47.3 Å². The number of amides is 9. The maximum atomic E-state index is 13.3. The second-order valence-corrected chi connectivity index (χ2v) is 39.3. The zero-order chi connectivity index (χ0) is 98.7. The van der Waals surface area contributed by atoms with Crippen LogP contribution in [0.1, 0.15) is 301 Å². The molecule has 0 bridgehead atoms. The van der Waals surface area contributed by atoms with E-state index in [0.717, 1.165) is 255 Å².